The monoisotopic (exact) mass is 425 g/mol. The Hall–Kier alpha value is -2.45. The van der Waals surface area contributed by atoms with E-state index in [2.05, 4.69) is 15.4 Å². The zero-order valence-electron chi connectivity index (χ0n) is 16.1. The van der Waals surface area contributed by atoms with Crippen molar-refractivity contribution < 1.29 is 17.9 Å². The van der Waals surface area contributed by atoms with Crippen LogP contribution in [0.25, 0.3) is 0 Å². The van der Waals surface area contributed by atoms with E-state index in [0.717, 1.165) is 0 Å². The molecule has 0 aliphatic carbocycles. The molecule has 9 heteroatoms. The van der Waals surface area contributed by atoms with Crippen molar-refractivity contribution in [2.24, 2.45) is 0 Å². The standard InChI is InChI=1S/C19H24ClN3O4S/c1-12(2)21-19(24)13(3)22-16-9-10-17(27-4)18(11-16)28(25,26)23-15-7-5-14(20)6-8-15/h5-13,22-23H,1-4H3,(H,21,24)/t13-/m1/s1. The van der Waals surface area contributed by atoms with Gasteiger partial charge in [-0.3, -0.25) is 9.52 Å². The highest BCUT2D eigenvalue weighted by atomic mass is 35.5. The van der Waals surface area contributed by atoms with E-state index in [9.17, 15) is 13.2 Å². The Kier molecular flexibility index (Phi) is 7.15. The van der Waals surface area contributed by atoms with E-state index in [1.807, 2.05) is 13.8 Å². The second kappa shape index (κ2) is 9.16. The normalized spacial score (nSPS) is 12.4. The van der Waals surface area contributed by atoms with Crippen molar-refractivity contribution in [2.75, 3.05) is 17.1 Å². The van der Waals surface area contributed by atoms with Crippen molar-refractivity contribution in [2.45, 2.75) is 37.8 Å². The zero-order chi connectivity index (χ0) is 20.9. The highest BCUT2D eigenvalue weighted by Gasteiger charge is 2.22. The molecule has 2 rings (SSSR count). The fourth-order valence-electron chi connectivity index (χ4n) is 2.43. The summed E-state index contributed by atoms with van der Waals surface area (Å²) in [5, 5.41) is 6.31. The lowest BCUT2D eigenvalue weighted by Gasteiger charge is -2.18. The Labute approximate surface area is 170 Å². The van der Waals surface area contributed by atoms with Gasteiger partial charge in [0.15, 0.2) is 0 Å². The molecule has 0 bridgehead atoms. The number of amides is 1. The van der Waals surface area contributed by atoms with Gasteiger partial charge in [0.05, 0.1) is 7.11 Å². The van der Waals surface area contributed by atoms with Crippen molar-refractivity contribution in [1.82, 2.24) is 5.32 Å². The summed E-state index contributed by atoms with van der Waals surface area (Å²) in [6, 6.07) is 10.4. The molecule has 0 fully saturated rings. The topological polar surface area (TPSA) is 96.5 Å². The molecule has 2 aromatic carbocycles. The van der Waals surface area contributed by atoms with E-state index in [4.69, 9.17) is 16.3 Å². The molecule has 0 aliphatic rings. The molecule has 0 aromatic heterocycles. The first-order valence-electron chi connectivity index (χ1n) is 8.65. The van der Waals surface area contributed by atoms with Gasteiger partial charge in [-0.2, -0.15) is 0 Å². The van der Waals surface area contributed by atoms with E-state index in [-0.39, 0.29) is 22.6 Å². The summed E-state index contributed by atoms with van der Waals surface area (Å²) < 4.78 is 33.4. The van der Waals surface area contributed by atoms with Gasteiger partial charge in [-0.1, -0.05) is 11.6 Å². The molecule has 7 nitrogen and oxygen atoms in total. The smallest absolute Gasteiger partial charge is 0.265 e. The molecule has 0 saturated carbocycles. The average Bonchev–Trinajstić information content (AvgIpc) is 2.62. The number of benzene rings is 2. The summed E-state index contributed by atoms with van der Waals surface area (Å²) >= 11 is 5.84. The van der Waals surface area contributed by atoms with Crippen molar-refractivity contribution in [1.29, 1.82) is 0 Å². The number of rotatable bonds is 8. The fourth-order valence-corrected chi connectivity index (χ4v) is 3.81. The minimum atomic E-state index is -3.93. The molecule has 1 amide bonds. The molecule has 3 N–H and O–H groups in total. The van der Waals surface area contributed by atoms with Crippen molar-refractivity contribution in [3.8, 4) is 5.75 Å². The average molecular weight is 426 g/mol. The van der Waals surface area contributed by atoms with Crippen LogP contribution < -0.4 is 20.1 Å². The third kappa shape index (κ3) is 5.77. The molecule has 0 saturated heterocycles. The second-order valence-corrected chi connectivity index (χ2v) is 8.59. The molecule has 0 spiro atoms. The first-order chi connectivity index (χ1) is 13.1. The molecule has 0 heterocycles. The molecule has 0 unspecified atom stereocenters. The zero-order valence-corrected chi connectivity index (χ0v) is 17.7. The lowest BCUT2D eigenvalue weighted by Crippen LogP contribution is -2.41. The van der Waals surface area contributed by atoms with Gasteiger partial charge in [0.1, 0.15) is 16.7 Å². The summed E-state index contributed by atoms with van der Waals surface area (Å²) in [6.07, 6.45) is 0. The Balaban J connectivity index is 2.28. The van der Waals surface area contributed by atoms with Gasteiger partial charge in [-0.15, -0.1) is 0 Å². The number of nitrogens with one attached hydrogen (secondary N) is 3. The lowest BCUT2D eigenvalue weighted by atomic mass is 10.2. The van der Waals surface area contributed by atoms with Crippen LogP contribution in [0.4, 0.5) is 11.4 Å². The van der Waals surface area contributed by atoms with Gasteiger partial charge in [0, 0.05) is 22.4 Å². The number of halogens is 1. The Morgan fingerprint density at radius 1 is 1.04 bits per heavy atom. The maximum absolute atomic E-state index is 12.9. The minimum absolute atomic E-state index is 0.00660. The van der Waals surface area contributed by atoms with E-state index in [1.165, 1.54) is 19.2 Å². The fraction of sp³-hybridized carbons (Fsp3) is 0.316. The third-order valence-electron chi connectivity index (χ3n) is 3.76. The largest absolute Gasteiger partial charge is 0.495 e. The van der Waals surface area contributed by atoms with Crippen LogP contribution >= 0.6 is 11.6 Å². The first-order valence-corrected chi connectivity index (χ1v) is 10.5. The number of ether oxygens (including phenoxy) is 1. The first kappa shape index (κ1) is 21.8. The summed E-state index contributed by atoms with van der Waals surface area (Å²) in [6.45, 7) is 5.43. The van der Waals surface area contributed by atoms with Crippen molar-refractivity contribution >= 4 is 38.9 Å². The number of sulfonamides is 1. The van der Waals surface area contributed by atoms with E-state index in [1.54, 1.807) is 37.3 Å². The number of hydrogen-bond donors (Lipinski definition) is 3. The molecule has 1 atom stereocenters. The van der Waals surface area contributed by atoms with Crippen LogP contribution in [0.15, 0.2) is 47.4 Å². The van der Waals surface area contributed by atoms with Crippen LogP contribution in [0.1, 0.15) is 20.8 Å². The van der Waals surface area contributed by atoms with Gasteiger partial charge < -0.3 is 15.4 Å². The molecular weight excluding hydrogens is 402 g/mol. The van der Waals surface area contributed by atoms with Crippen LogP contribution in [-0.2, 0) is 14.8 Å². The molecule has 0 aliphatic heterocycles. The highest BCUT2D eigenvalue weighted by Crippen LogP contribution is 2.29. The van der Waals surface area contributed by atoms with Gasteiger partial charge in [0.25, 0.3) is 10.0 Å². The van der Waals surface area contributed by atoms with Gasteiger partial charge in [0.2, 0.25) is 5.91 Å². The maximum Gasteiger partial charge on any atom is 0.265 e. The van der Waals surface area contributed by atoms with Gasteiger partial charge in [-0.25, -0.2) is 8.42 Å². The summed E-state index contributed by atoms with van der Waals surface area (Å²) in [5.41, 5.74) is 0.846. The highest BCUT2D eigenvalue weighted by molar-refractivity contribution is 7.92. The lowest BCUT2D eigenvalue weighted by molar-refractivity contribution is -0.122. The molecule has 28 heavy (non-hydrogen) atoms. The van der Waals surface area contributed by atoms with Crippen LogP contribution in [0, 0.1) is 0 Å². The van der Waals surface area contributed by atoms with Gasteiger partial charge in [-0.05, 0) is 63.2 Å². The Morgan fingerprint density at radius 3 is 2.21 bits per heavy atom. The predicted molar refractivity (Wildman–Crippen MR) is 112 cm³/mol. The molecule has 152 valence electrons. The molecule has 2 aromatic rings. The minimum Gasteiger partial charge on any atom is -0.495 e. The summed E-state index contributed by atoms with van der Waals surface area (Å²) in [5.74, 6) is 0.000753. The van der Waals surface area contributed by atoms with Crippen LogP contribution in [0.2, 0.25) is 5.02 Å². The number of carbonyl (C=O) groups excluding carboxylic acids is 1. The number of carbonyl (C=O) groups is 1. The van der Waals surface area contributed by atoms with Crippen LogP contribution in [-0.4, -0.2) is 33.5 Å². The Morgan fingerprint density at radius 2 is 1.64 bits per heavy atom. The van der Waals surface area contributed by atoms with Gasteiger partial charge >= 0.3 is 0 Å². The van der Waals surface area contributed by atoms with Crippen LogP contribution in [0.3, 0.4) is 0 Å². The predicted octanol–water partition coefficient (Wildman–Crippen LogP) is 3.47. The summed E-state index contributed by atoms with van der Waals surface area (Å²) in [4.78, 5) is 12.0. The quantitative estimate of drug-likeness (QED) is 0.601. The summed E-state index contributed by atoms with van der Waals surface area (Å²) in [7, 11) is -2.53. The van der Waals surface area contributed by atoms with Crippen molar-refractivity contribution in [3.63, 3.8) is 0 Å². The SMILES string of the molecule is COc1ccc(N[C@H](C)C(=O)NC(C)C)cc1S(=O)(=O)Nc1ccc(Cl)cc1. The number of hydrogen-bond acceptors (Lipinski definition) is 5. The molecular formula is C19H24ClN3O4S. The molecule has 0 radical (unpaired) electrons. The van der Waals surface area contributed by atoms with E-state index < -0.39 is 16.1 Å². The second-order valence-electron chi connectivity index (χ2n) is 6.51. The van der Waals surface area contributed by atoms with E-state index >= 15 is 0 Å². The maximum atomic E-state index is 12.9. The van der Waals surface area contributed by atoms with Crippen molar-refractivity contribution in [3.05, 3.63) is 47.5 Å². The number of anilines is 2. The Bertz CT molecular complexity index is 931. The van der Waals surface area contributed by atoms with Crippen LogP contribution in [0.5, 0.6) is 5.75 Å². The van der Waals surface area contributed by atoms with E-state index in [0.29, 0.717) is 16.4 Å². The number of methoxy groups -OCH3 is 1. The third-order valence-corrected chi connectivity index (χ3v) is 5.41.